The van der Waals surface area contributed by atoms with Crippen molar-refractivity contribution in [2.75, 3.05) is 26.2 Å². The minimum absolute atomic E-state index is 0.0126. The second-order valence-corrected chi connectivity index (χ2v) is 6.02. The van der Waals surface area contributed by atoms with Crippen LogP contribution in [0.25, 0.3) is 0 Å². The molecule has 0 spiro atoms. The molecule has 1 atom stereocenters. The summed E-state index contributed by atoms with van der Waals surface area (Å²) >= 11 is 0. The predicted molar refractivity (Wildman–Crippen MR) is 71.6 cm³/mol. The highest BCUT2D eigenvalue weighted by Gasteiger charge is 2.62. The van der Waals surface area contributed by atoms with Crippen LogP contribution < -0.4 is 5.32 Å². The van der Waals surface area contributed by atoms with Crippen molar-refractivity contribution < 1.29 is 23.1 Å². The fourth-order valence-corrected chi connectivity index (χ4v) is 3.46. The van der Waals surface area contributed by atoms with Crippen molar-refractivity contribution in [3.05, 3.63) is 0 Å². The molecular formula is C14H23F3N2O2. The highest BCUT2D eigenvalue weighted by molar-refractivity contribution is 5.84. The molecule has 2 fully saturated rings. The molecule has 122 valence electrons. The Morgan fingerprint density at radius 3 is 2.43 bits per heavy atom. The Morgan fingerprint density at radius 1 is 1.29 bits per heavy atom. The van der Waals surface area contributed by atoms with Gasteiger partial charge in [0.1, 0.15) is 0 Å². The molecule has 1 heterocycles. The first-order valence-corrected chi connectivity index (χ1v) is 7.62. The summed E-state index contributed by atoms with van der Waals surface area (Å²) < 4.78 is 40.5. The topological polar surface area (TPSA) is 52.6 Å². The van der Waals surface area contributed by atoms with E-state index in [1.165, 1.54) is 4.90 Å². The molecule has 0 aromatic rings. The lowest BCUT2D eigenvalue weighted by Gasteiger charge is -2.40. The molecular weight excluding hydrogens is 285 g/mol. The molecule has 1 saturated carbocycles. The van der Waals surface area contributed by atoms with E-state index in [1.807, 2.05) is 0 Å². The van der Waals surface area contributed by atoms with E-state index in [-0.39, 0.29) is 38.7 Å². The lowest BCUT2D eigenvalue weighted by molar-refractivity contribution is -0.223. The molecule has 1 unspecified atom stereocenters. The van der Waals surface area contributed by atoms with Crippen LogP contribution in [0.15, 0.2) is 0 Å². The summed E-state index contributed by atoms with van der Waals surface area (Å²) in [6, 6.07) is -0.168. The first-order valence-electron chi connectivity index (χ1n) is 7.62. The van der Waals surface area contributed by atoms with Gasteiger partial charge in [0.05, 0.1) is 6.61 Å². The number of hydrogen-bond donors (Lipinski definition) is 2. The number of aliphatic hydroxyl groups excluding tert-OH is 1. The normalized spacial score (nSPS) is 27.8. The van der Waals surface area contributed by atoms with Crippen LogP contribution in [0.5, 0.6) is 0 Å². The van der Waals surface area contributed by atoms with E-state index in [1.54, 1.807) is 0 Å². The van der Waals surface area contributed by atoms with E-state index < -0.39 is 17.5 Å². The summed E-state index contributed by atoms with van der Waals surface area (Å²) in [7, 11) is 0. The third kappa shape index (κ3) is 3.18. The van der Waals surface area contributed by atoms with E-state index in [0.717, 1.165) is 32.1 Å². The van der Waals surface area contributed by atoms with E-state index >= 15 is 0 Å². The van der Waals surface area contributed by atoms with Gasteiger partial charge in [0.25, 0.3) is 0 Å². The van der Waals surface area contributed by atoms with Gasteiger partial charge in [-0.2, -0.15) is 13.2 Å². The van der Waals surface area contributed by atoms with Crippen molar-refractivity contribution in [3.8, 4) is 0 Å². The van der Waals surface area contributed by atoms with E-state index in [4.69, 9.17) is 5.11 Å². The van der Waals surface area contributed by atoms with Crippen LogP contribution in [-0.4, -0.2) is 54.4 Å². The van der Waals surface area contributed by atoms with Crippen molar-refractivity contribution in [3.63, 3.8) is 0 Å². The molecule has 2 aliphatic rings. The maximum Gasteiger partial charge on any atom is 0.404 e. The Hall–Kier alpha value is -0.820. The van der Waals surface area contributed by atoms with Crippen LogP contribution in [0.4, 0.5) is 13.2 Å². The third-order valence-electron chi connectivity index (χ3n) is 4.72. The SMILES string of the molecule is O=C(N(CCO)C1CCCCC1)C1(C(F)(F)F)CCNC1. The van der Waals surface area contributed by atoms with Gasteiger partial charge in [-0.05, 0) is 25.8 Å². The fourth-order valence-electron chi connectivity index (χ4n) is 3.46. The molecule has 1 amide bonds. The molecule has 0 radical (unpaired) electrons. The van der Waals surface area contributed by atoms with Crippen LogP contribution in [0.3, 0.4) is 0 Å². The molecule has 4 nitrogen and oxygen atoms in total. The smallest absolute Gasteiger partial charge is 0.395 e. The van der Waals surface area contributed by atoms with Crippen molar-refractivity contribution in [1.82, 2.24) is 10.2 Å². The molecule has 0 aromatic carbocycles. The quantitative estimate of drug-likeness (QED) is 0.831. The molecule has 0 bridgehead atoms. The number of nitrogens with one attached hydrogen (secondary N) is 1. The summed E-state index contributed by atoms with van der Waals surface area (Å²) in [5.41, 5.74) is -2.32. The first-order chi connectivity index (χ1) is 9.92. The number of amides is 1. The number of rotatable bonds is 4. The summed E-state index contributed by atoms with van der Waals surface area (Å²) in [6.45, 7) is -0.474. The van der Waals surface area contributed by atoms with Crippen LogP contribution in [0.1, 0.15) is 38.5 Å². The van der Waals surface area contributed by atoms with Crippen molar-refractivity contribution in [2.45, 2.75) is 50.7 Å². The minimum atomic E-state index is -4.56. The van der Waals surface area contributed by atoms with E-state index in [9.17, 15) is 18.0 Å². The van der Waals surface area contributed by atoms with Crippen molar-refractivity contribution >= 4 is 5.91 Å². The van der Waals surface area contributed by atoms with Gasteiger partial charge in [-0.3, -0.25) is 4.79 Å². The largest absolute Gasteiger partial charge is 0.404 e. The van der Waals surface area contributed by atoms with Gasteiger partial charge in [-0.15, -0.1) is 0 Å². The van der Waals surface area contributed by atoms with E-state index in [0.29, 0.717) is 0 Å². The average Bonchev–Trinajstić information content (AvgIpc) is 2.95. The van der Waals surface area contributed by atoms with Crippen molar-refractivity contribution in [1.29, 1.82) is 0 Å². The van der Waals surface area contributed by atoms with Gasteiger partial charge >= 0.3 is 6.18 Å². The monoisotopic (exact) mass is 308 g/mol. The summed E-state index contributed by atoms with van der Waals surface area (Å²) in [5.74, 6) is -0.860. The average molecular weight is 308 g/mol. The second kappa shape index (κ2) is 6.52. The number of halogens is 3. The Labute approximate surface area is 122 Å². The molecule has 1 saturated heterocycles. The number of hydrogen-bond acceptors (Lipinski definition) is 3. The third-order valence-corrected chi connectivity index (χ3v) is 4.72. The maximum absolute atomic E-state index is 13.5. The second-order valence-electron chi connectivity index (χ2n) is 6.02. The number of alkyl halides is 3. The highest BCUT2D eigenvalue weighted by Crippen LogP contribution is 2.45. The number of carbonyl (C=O) groups excluding carboxylic acids is 1. The Kier molecular flexibility index (Phi) is 5.14. The Bertz CT molecular complexity index is 362. The molecule has 2 rings (SSSR count). The Balaban J connectivity index is 2.23. The lowest BCUT2D eigenvalue weighted by atomic mass is 9.83. The molecule has 2 N–H and O–H groups in total. The fraction of sp³-hybridized carbons (Fsp3) is 0.929. The van der Waals surface area contributed by atoms with E-state index in [2.05, 4.69) is 5.32 Å². The molecule has 7 heteroatoms. The minimum Gasteiger partial charge on any atom is -0.395 e. The highest BCUT2D eigenvalue weighted by atomic mass is 19.4. The van der Waals surface area contributed by atoms with Gasteiger partial charge in [-0.1, -0.05) is 19.3 Å². The zero-order valence-corrected chi connectivity index (χ0v) is 12.1. The van der Waals surface area contributed by atoms with Crippen LogP contribution in [0.2, 0.25) is 0 Å². The summed E-state index contributed by atoms with van der Waals surface area (Å²) in [5, 5.41) is 11.8. The predicted octanol–water partition coefficient (Wildman–Crippen LogP) is 1.68. The van der Waals surface area contributed by atoms with Crippen LogP contribution in [0, 0.1) is 5.41 Å². The molecule has 1 aliphatic heterocycles. The number of aliphatic hydroxyl groups is 1. The van der Waals surface area contributed by atoms with Gasteiger partial charge in [0, 0.05) is 19.1 Å². The van der Waals surface area contributed by atoms with Gasteiger partial charge in [0.2, 0.25) is 5.91 Å². The van der Waals surface area contributed by atoms with Gasteiger partial charge in [-0.25, -0.2) is 0 Å². The van der Waals surface area contributed by atoms with Crippen LogP contribution in [-0.2, 0) is 4.79 Å². The molecule has 0 aromatic heterocycles. The summed E-state index contributed by atoms with van der Waals surface area (Å²) in [4.78, 5) is 13.9. The Morgan fingerprint density at radius 2 is 1.95 bits per heavy atom. The van der Waals surface area contributed by atoms with Crippen LogP contribution >= 0.6 is 0 Å². The zero-order valence-electron chi connectivity index (χ0n) is 12.1. The lowest BCUT2D eigenvalue weighted by Crippen LogP contribution is -2.57. The summed E-state index contributed by atoms with van der Waals surface area (Å²) in [6.07, 6.45) is -0.405. The van der Waals surface area contributed by atoms with Gasteiger partial charge in [0.15, 0.2) is 5.41 Å². The molecule has 21 heavy (non-hydrogen) atoms. The van der Waals surface area contributed by atoms with Gasteiger partial charge < -0.3 is 15.3 Å². The molecule has 1 aliphatic carbocycles. The first kappa shape index (κ1) is 16.5. The number of carbonyl (C=O) groups is 1. The zero-order chi connectivity index (χ0) is 15.5. The van der Waals surface area contributed by atoms with Crippen molar-refractivity contribution in [2.24, 2.45) is 5.41 Å². The maximum atomic E-state index is 13.5. The standard InChI is InChI=1S/C14H23F3N2O2/c15-14(16,17)13(6-7-18-10-13)12(21)19(8-9-20)11-4-2-1-3-5-11/h11,18,20H,1-10H2. The number of nitrogens with zero attached hydrogens (tertiary/aromatic N) is 1.